The van der Waals surface area contributed by atoms with Gasteiger partial charge in [-0.2, -0.15) is 0 Å². The van der Waals surface area contributed by atoms with E-state index in [0.717, 1.165) is 52.2 Å². The summed E-state index contributed by atoms with van der Waals surface area (Å²) in [6.45, 7) is 12.3. The van der Waals surface area contributed by atoms with Gasteiger partial charge in [0.2, 0.25) is 0 Å². The molecular formula is C40H37NO2. The Hall–Kier alpha value is -4.94. The summed E-state index contributed by atoms with van der Waals surface area (Å²) in [7, 11) is 0. The predicted molar refractivity (Wildman–Crippen MR) is 178 cm³/mol. The Morgan fingerprint density at radius 3 is 1.42 bits per heavy atom. The van der Waals surface area contributed by atoms with Gasteiger partial charge in [0.05, 0.1) is 13.2 Å². The van der Waals surface area contributed by atoms with E-state index in [-0.39, 0.29) is 5.78 Å². The molecule has 5 aromatic rings. The zero-order chi connectivity index (χ0) is 30.0. The average Bonchev–Trinajstić information content (AvgIpc) is 3.08. The van der Waals surface area contributed by atoms with Crippen LogP contribution in [0.2, 0.25) is 0 Å². The Morgan fingerprint density at radius 2 is 1.02 bits per heavy atom. The van der Waals surface area contributed by atoms with Crippen LogP contribution in [-0.2, 0) is 0 Å². The lowest BCUT2D eigenvalue weighted by atomic mass is 9.96. The van der Waals surface area contributed by atoms with Crippen LogP contribution in [0, 0.1) is 12.5 Å². The number of benzene rings is 5. The molecule has 5 aromatic carbocycles. The van der Waals surface area contributed by atoms with E-state index in [1.54, 1.807) is 0 Å². The Kier molecular flexibility index (Phi) is 9.82. The van der Waals surface area contributed by atoms with E-state index in [1.807, 2.05) is 72.8 Å². The highest BCUT2D eigenvalue weighted by Crippen LogP contribution is 2.29. The molecule has 0 radical (unpaired) electrons. The number of hydrogen-bond acceptors (Lipinski definition) is 2. The van der Waals surface area contributed by atoms with Crippen LogP contribution in [0.25, 0.3) is 38.2 Å². The molecule has 3 nitrogen and oxygen atoms in total. The molecule has 0 spiro atoms. The van der Waals surface area contributed by atoms with Crippen molar-refractivity contribution in [2.75, 3.05) is 6.61 Å². The number of hydrogen-bond donors (Lipinski definition) is 0. The van der Waals surface area contributed by atoms with Crippen LogP contribution in [0.1, 0.15) is 55.5 Å². The molecule has 0 saturated carbocycles. The van der Waals surface area contributed by atoms with Gasteiger partial charge in [0, 0.05) is 11.1 Å². The van der Waals surface area contributed by atoms with Gasteiger partial charge in [0.25, 0.3) is 0 Å². The zero-order valence-electron chi connectivity index (χ0n) is 24.9. The van der Waals surface area contributed by atoms with E-state index in [4.69, 9.17) is 11.3 Å². The minimum atomic E-state index is 0.00797. The third-order valence-electron chi connectivity index (χ3n) is 8.06. The molecule has 1 atom stereocenters. The highest BCUT2D eigenvalue weighted by Gasteiger charge is 2.11. The molecule has 3 heteroatoms. The quantitative estimate of drug-likeness (QED) is 0.112. The minimum Gasteiger partial charge on any atom is -0.493 e. The van der Waals surface area contributed by atoms with E-state index >= 15 is 0 Å². The first-order valence-electron chi connectivity index (χ1n) is 15.1. The van der Waals surface area contributed by atoms with Gasteiger partial charge >= 0.3 is 0 Å². The van der Waals surface area contributed by atoms with E-state index in [2.05, 4.69) is 67.2 Å². The predicted octanol–water partition coefficient (Wildman–Crippen LogP) is 11.1. The fourth-order valence-corrected chi connectivity index (χ4v) is 5.23. The second kappa shape index (κ2) is 14.3. The van der Waals surface area contributed by atoms with Crippen molar-refractivity contribution in [2.45, 2.75) is 39.5 Å². The van der Waals surface area contributed by atoms with Crippen LogP contribution < -0.4 is 4.74 Å². The fraction of sp³-hybridized carbons (Fsp3) is 0.200. The number of ketones is 1. The molecule has 0 aliphatic carbocycles. The molecule has 5 rings (SSSR count). The first-order chi connectivity index (χ1) is 21.1. The molecule has 0 aliphatic heterocycles. The SMILES string of the molecule is [C-]#[N+]c1ccc(-c2ccc(-c3ccc(-c4ccc(C(=O)c5ccc(OCC(CC)CCCC)cc5)cc4)cc3)cc2)cc1. The van der Waals surface area contributed by atoms with Gasteiger partial charge in [-0.05, 0) is 70.0 Å². The Balaban J connectivity index is 1.20. The summed E-state index contributed by atoms with van der Waals surface area (Å²) < 4.78 is 6.01. The van der Waals surface area contributed by atoms with Crippen LogP contribution in [0.15, 0.2) is 121 Å². The lowest BCUT2D eigenvalue weighted by molar-refractivity contribution is 0.103. The van der Waals surface area contributed by atoms with Gasteiger partial charge in [-0.25, -0.2) is 4.85 Å². The lowest BCUT2D eigenvalue weighted by Gasteiger charge is -2.15. The normalized spacial score (nSPS) is 11.5. The minimum absolute atomic E-state index is 0.00797. The number of carbonyl (C=O) groups is 1. The van der Waals surface area contributed by atoms with Crippen molar-refractivity contribution in [2.24, 2.45) is 5.92 Å². The summed E-state index contributed by atoms with van der Waals surface area (Å²) in [6.07, 6.45) is 4.75. The smallest absolute Gasteiger partial charge is 0.193 e. The van der Waals surface area contributed by atoms with E-state index in [1.165, 1.54) is 19.3 Å². The first-order valence-corrected chi connectivity index (χ1v) is 15.1. The summed E-state index contributed by atoms with van der Waals surface area (Å²) in [5.74, 6) is 1.39. The number of carbonyl (C=O) groups excluding carboxylic acids is 1. The molecule has 0 heterocycles. The molecule has 0 aliphatic rings. The van der Waals surface area contributed by atoms with Crippen LogP contribution in [0.5, 0.6) is 5.75 Å². The van der Waals surface area contributed by atoms with Gasteiger partial charge in [-0.1, -0.05) is 130 Å². The Bertz CT molecular complexity index is 1660. The average molecular weight is 564 g/mol. The van der Waals surface area contributed by atoms with Gasteiger partial charge in [0.1, 0.15) is 5.75 Å². The van der Waals surface area contributed by atoms with Crippen molar-refractivity contribution in [1.29, 1.82) is 0 Å². The maximum Gasteiger partial charge on any atom is 0.193 e. The summed E-state index contributed by atoms with van der Waals surface area (Å²) in [5.41, 5.74) is 8.66. The van der Waals surface area contributed by atoms with Gasteiger partial charge in [-0.15, -0.1) is 0 Å². The lowest BCUT2D eigenvalue weighted by Crippen LogP contribution is -2.11. The van der Waals surface area contributed by atoms with Crippen molar-refractivity contribution < 1.29 is 9.53 Å². The molecule has 0 amide bonds. The molecule has 43 heavy (non-hydrogen) atoms. The number of unbranched alkanes of at least 4 members (excludes halogenated alkanes) is 1. The highest BCUT2D eigenvalue weighted by atomic mass is 16.5. The maximum absolute atomic E-state index is 13.1. The van der Waals surface area contributed by atoms with Crippen LogP contribution in [0.3, 0.4) is 0 Å². The molecule has 214 valence electrons. The first kappa shape index (κ1) is 29.5. The third-order valence-corrected chi connectivity index (χ3v) is 8.06. The molecule has 0 N–H and O–H groups in total. The zero-order valence-corrected chi connectivity index (χ0v) is 24.9. The van der Waals surface area contributed by atoms with E-state index < -0.39 is 0 Å². The van der Waals surface area contributed by atoms with Crippen molar-refractivity contribution >= 4 is 11.5 Å². The van der Waals surface area contributed by atoms with Crippen molar-refractivity contribution in [3.8, 4) is 39.1 Å². The topological polar surface area (TPSA) is 30.7 Å². The number of nitrogens with zero attached hydrogens (tertiary/aromatic N) is 1. The van der Waals surface area contributed by atoms with Crippen LogP contribution in [0.4, 0.5) is 5.69 Å². The van der Waals surface area contributed by atoms with Crippen molar-refractivity contribution in [1.82, 2.24) is 0 Å². The molecule has 0 fully saturated rings. The monoisotopic (exact) mass is 563 g/mol. The van der Waals surface area contributed by atoms with E-state index in [9.17, 15) is 4.79 Å². The molecule has 0 saturated heterocycles. The molecule has 0 aromatic heterocycles. The summed E-state index contributed by atoms with van der Waals surface area (Å²) >= 11 is 0. The summed E-state index contributed by atoms with van der Waals surface area (Å²) in [5, 5.41) is 0. The summed E-state index contributed by atoms with van der Waals surface area (Å²) in [6, 6.07) is 40.0. The molecular weight excluding hydrogens is 526 g/mol. The number of rotatable bonds is 12. The standard InChI is InChI=1S/C40H37NO2/c1-4-6-7-29(5-2)28-43-39-26-22-37(23-27-39)40(42)36-18-16-34(17-19-36)32-10-8-30(9-11-32)31-12-14-33(15-13-31)35-20-24-38(41-3)25-21-35/h8-27,29H,4-7,28H2,1-2H3. The largest absolute Gasteiger partial charge is 0.493 e. The second-order valence-electron chi connectivity index (χ2n) is 11.0. The van der Waals surface area contributed by atoms with Crippen molar-refractivity contribution in [3.05, 3.63) is 144 Å². The third kappa shape index (κ3) is 7.48. The van der Waals surface area contributed by atoms with Crippen LogP contribution >= 0.6 is 0 Å². The Labute approximate surface area is 255 Å². The summed E-state index contributed by atoms with van der Waals surface area (Å²) in [4.78, 5) is 16.6. The molecule has 1 unspecified atom stereocenters. The van der Waals surface area contributed by atoms with Crippen molar-refractivity contribution in [3.63, 3.8) is 0 Å². The number of ether oxygens (including phenoxy) is 1. The maximum atomic E-state index is 13.1. The van der Waals surface area contributed by atoms with Gasteiger partial charge in [0.15, 0.2) is 11.5 Å². The molecule has 0 bridgehead atoms. The fourth-order valence-electron chi connectivity index (χ4n) is 5.23. The van der Waals surface area contributed by atoms with Gasteiger partial charge in [-0.3, -0.25) is 4.79 Å². The second-order valence-corrected chi connectivity index (χ2v) is 11.0. The Morgan fingerprint density at radius 1 is 0.628 bits per heavy atom. The van der Waals surface area contributed by atoms with Crippen LogP contribution in [-0.4, -0.2) is 12.4 Å². The van der Waals surface area contributed by atoms with Gasteiger partial charge < -0.3 is 4.74 Å². The highest BCUT2D eigenvalue weighted by molar-refractivity contribution is 6.09. The van der Waals surface area contributed by atoms with E-state index in [0.29, 0.717) is 22.7 Å².